The Labute approximate surface area is 119 Å². The van der Waals surface area contributed by atoms with Gasteiger partial charge in [-0.25, -0.2) is 14.4 Å². The molecule has 19 heavy (non-hydrogen) atoms. The molecule has 1 heterocycles. The number of halogens is 2. The first-order chi connectivity index (χ1) is 9.19. The van der Waals surface area contributed by atoms with E-state index < -0.39 is 0 Å². The van der Waals surface area contributed by atoms with Crippen molar-refractivity contribution in [2.75, 3.05) is 17.2 Å². The Morgan fingerprint density at radius 2 is 2.00 bits per heavy atom. The van der Waals surface area contributed by atoms with Crippen molar-refractivity contribution in [2.45, 2.75) is 13.3 Å². The molecule has 0 aliphatic heterocycles. The average Bonchev–Trinajstić information content (AvgIpc) is 2.41. The van der Waals surface area contributed by atoms with Gasteiger partial charge in [-0.2, -0.15) is 0 Å². The number of benzene rings is 1. The van der Waals surface area contributed by atoms with Crippen molar-refractivity contribution in [3.63, 3.8) is 0 Å². The molecule has 0 unspecified atom stereocenters. The number of anilines is 3. The molecule has 2 rings (SSSR count). The van der Waals surface area contributed by atoms with Crippen LogP contribution in [-0.2, 0) is 0 Å². The zero-order valence-electron chi connectivity index (χ0n) is 10.5. The van der Waals surface area contributed by atoms with Gasteiger partial charge in [-0.15, -0.1) is 0 Å². The van der Waals surface area contributed by atoms with Crippen molar-refractivity contribution in [1.29, 1.82) is 0 Å². The molecule has 0 fully saturated rings. The SMILES string of the molecule is CCCNc1cc(Nc2ccc(F)c(Br)c2)ncn1. The van der Waals surface area contributed by atoms with Gasteiger partial charge in [0.15, 0.2) is 0 Å². The first kappa shape index (κ1) is 13.7. The maximum absolute atomic E-state index is 13.1. The zero-order chi connectivity index (χ0) is 13.7. The molecule has 6 heteroatoms. The summed E-state index contributed by atoms with van der Waals surface area (Å²) in [6, 6.07) is 6.52. The maximum atomic E-state index is 13.1. The van der Waals surface area contributed by atoms with Crippen LogP contribution in [0.15, 0.2) is 35.1 Å². The van der Waals surface area contributed by atoms with E-state index in [9.17, 15) is 4.39 Å². The van der Waals surface area contributed by atoms with Crippen molar-refractivity contribution in [1.82, 2.24) is 9.97 Å². The molecule has 0 aliphatic rings. The summed E-state index contributed by atoms with van der Waals surface area (Å²) in [5.41, 5.74) is 0.758. The first-order valence-electron chi connectivity index (χ1n) is 5.97. The highest BCUT2D eigenvalue weighted by molar-refractivity contribution is 9.10. The van der Waals surface area contributed by atoms with E-state index in [0.717, 1.165) is 24.5 Å². The molecule has 0 aliphatic carbocycles. The van der Waals surface area contributed by atoms with Crippen LogP contribution in [0.1, 0.15) is 13.3 Å². The number of hydrogen-bond donors (Lipinski definition) is 2. The van der Waals surface area contributed by atoms with Crippen LogP contribution < -0.4 is 10.6 Å². The molecule has 1 aromatic heterocycles. The van der Waals surface area contributed by atoms with Crippen LogP contribution in [0.5, 0.6) is 0 Å². The van der Waals surface area contributed by atoms with Gasteiger partial charge in [0.2, 0.25) is 0 Å². The lowest BCUT2D eigenvalue weighted by molar-refractivity contribution is 0.621. The molecule has 0 atom stereocenters. The number of aromatic nitrogens is 2. The smallest absolute Gasteiger partial charge is 0.137 e. The van der Waals surface area contributed by atoms with E-state index in [1.165, 1.54) is 12.4 Å². The Balaban J connectivity index is 2.11. The minimum absolute atomic E-state index is 0.293. The standard InChI is InChI=1S/C13H14BrFN4/c1-2-5-16-12-7-13(18-8-17-12)19-9-3-4-11(15)10(14)6-9/h3-4,6-8H,2,5H2,1H3,(H2,16,17,18,19). The molecular formula is C13H14BrFN4. The Kier molecular flexibility index (Phi) is 4.68. The quantitative estimate of drug-likeness (QED) is 0.874. The lowest BCUT2D eigenvalue weighted by Gasteiger charge is -2.08. The molecule has 2 N–H and O–H groups in total. The molecular weight excluding hydrogens is 311 g/mol. The molecule has 100 valence electrons. The summed E-state index contributed by atoms with van der Waals surface area (Å²) in [5.74, 6) is 1.13. The van der Waals surface area contributed by atoms with Crippen LogP contribution >= 0.6 is 15.9 Å². The van der Waals surface area contributed by atoms with Crippen LogP contribution in [0, 0.1) is 5.82 Å². The largest absolute Gasteiger partial charge is 0.370 e. The molecule has 0 spiro atoms. The van der Waals surface area contributed by atoms with E-state index in [2.05, 4.69) is 43.5 Å². The van der Waals surface area contributed by atoms with E-state index in [0.29, 0.717) is 10.3 Å². The van der Waals surface area contributed by atoms with E-state index in [1.807, 2.05) is 6.07 Å². The molecule has 4 nitrogen and oxygen atoms in total. The van der Waals surface area contributed by atoms with E-state index in [1.54, 1.807) is 12.1 Å². The van der Waals surface area contributed by atoms with Crippen molar-refractivity contribution < 1.29 is 4.39 Å². The number of nitrogens with zero attached hydrogens (tertiary/aromatic N) is 2. The van der Waals surface area contributed by atoms with Gasteiger partial charge in [0, 0.05) is 18.3 Å². The Hall–Kier alpha value is -1.69. The third-order valence-corrected chi connectivity index (χ3v) is 3.02. The summed E-state index contributed by atoms with van der Waals surface area (Å²) in [7, 11) is 0. The summed E-state index contributed by atoms with van der Waals surface area (Å²) < 4.78 is 13.5. The van der Waals surface area contributed by atoms with Gasteiger partial charge < -0.3 is 10.6 Å². The fourth-order valence-electron chi connectivity index (χ4n) is 1.50. The first-order valence-corrected chi connectivity index (χ1v) is 6.76. The third-order valence-electron chi connectivity index (χ3n) is 2.42. The van der Waals surface area contributed by atoms with Gasteiger partial charge in [-0.1, -0.05) is 6.92 Å². The van der Waals surface area contributed by atoms with Crippen LogP contribution in [0.2, 0.25) is 0 Å². The second kappa shape index (κ2) is 6.47. The second-order valence-electron chi connectivity index (χ2n) is 3.97. The van der Waals surface area contributed by atoms with Gasteiger partial charge >= 0.3 is 0 Å². The summed E-state index contributed by atoms with van der Waals surface area (Å²) in [6.45, 7) is 2.95. The predicted molar refractivity (Wildman–Crippen MR) is 78.2 cm³/mol. The van der Waals surface area contributed by atoms with Gasteiger partial charge in [-0.3, -0.25) is 0 Å². The van der Waals surface area contributed by atoms with Gasteiger partial charge in [0.25, 0.3) is 0 Å². The summed E-state index contributed by atoms with van der Waals surface area (Å²) >= 11 is 3.15. The van der Waals surface area contributed by atoms with Crippen molar-refractivity contribution in [2.24, 2.45) is 0 Å². The highest BCUT2D eigenvalue weighted by Crippen LogP contribution is 2.22. The average molecular weight is 325 g/mol. The Morgan fingerprint density at radius 3 is 2.74 bits per heavy atom. The molecule has 2 aromatic rings. The Bertz CT molecular complexity index is 562. The van der Waals surface area contributed by atoms with Crippen molar-refractivity contribution >= 4 is 33.3 Å². The normalized spacial score (nSPS) is 10.3. The minimum atomic E-state index is -0.293. The maximum Gasteiger partial charge on any atom is 0.137 e. The predicted octanol–water partition coefficient (Wildman–Crippen LogP) is 3.94. The third kappa shape index (κ3) is 3.89. The molecule has 0 radical (unpaired) electrons. The van der Waals surface area contributed by atoms with Crippen LogP contribution in [0.4, 0.5) is 21.7 Å². The molecule has 0 bridgehead atoms. The monoisotopic (exact) mass is 324 g/mol. The Morgan fingerprint density at radius 1 is 1.21 bits per heavy atom. The fraction of sp³-hybridized carbons (Fsp3) is 0.231. The van der Waals surface area contributed by atoms with Crippen molar-refractivity contribution in [3.05, 3.63) is 40.9 Å². The summed E-state index contributed by atoms with van der Waals surface area (Å²) in [6.07, 6.45) is 2.51. The summed E-state index contributed by atoms with van der Waals surface area (Å²) in [4.78, 5) is 8.24. The molecule has 1 aromatic carbocycles. The van der Waals surface area contributed by atoms with Crippen LogP contribution in [0.25, 0.3) is 0 Å². The lowest BCUT2D eigenvalue weighted by Crippen LogP contribution is -2.03. The van der Waals surface area contributed by atoms with Gasteiger partial charge in [0.1, 0.15) is 23.8 Å². The number of nitrogens with one attached hydrogen (secondary N) is 2. The van der Waals surface area contributed by atoms with Crippen LogP contribution in [0.3, 0.4) is 0 Å². The van der Waals surface area contributed by atoms with E-state index in [-0.39, 0.29) is 5.82 Å². The molecule has 0 saturated carbocycles. The van der Waals surface area contributed by atoms with Gasteiger partial charge in [-0.05, 0) is 40.5 Å². The highest BCUT2D eigenvalue weighted by atomic mass is 79.9. The van der Waals surface area contributed by atoms with Gasteiger partial charge in [0.05, 0.1) is 4.47 Å². The minimum Gasteiger partial charge on any atom is -0.370 e. The molecule has 0 amide bonds. The van der Waals surface area contributed by atoms with Crippen molar-refractivity contribution in [3.8, 4) is 0 Å². The highest BCUT2D eigenvalue weighted by Gasteiger charge is 2.02. The number of rotatable bonds is 5. The molecule has 0 saturated heterocycles. The summed E-state index contributed by atoms with van der Waals surface area (Å²) in [5, 5.41) is 6.28. The lowest BCUT2D eigenvalue weighted by atomic mass is 10.3. The fourth-order valence-corrected chi connectivity index (χ4v) is 1.88. The zero-order valence-corrected chi connectivity index (χ0v) is 12.0. The van der Waals surface area contributed by atoms with E-state index >= 15 is 0 Å². The number of hydrogen-bond acceptors (Lipinski definition) is 4. The second-order valence-corrected chi connectivity index (χ2v) is 4.82. The topological polar surface area (TPSA) is 49.8 Å². The van der Waals surface area contributed by atoms with E-state index in [4.69, 9.17) is 0 Å². The van der Waals surface area contributed by atoms with Crippen LogP contribution in [-0.4, -0.2) is 16.5 Å².